The number of nitrogens with two attached hydrogens (primary N) is 2. The fourth-order valence-corrected chi connectivity index (χ4v) is 1.99. The highest BCUT2D eigenvalue weighted by molar-refractivity contribution is 5.80. The summed E-state index contributed by atoms with van der Waals surface area (Å²) in [4.78, 5) is 42.8. The summed E-state index contributed by atoms with van der Waals surface area (Å²) < 4.78 is 4.94. The fraction of sp³-hybridized carbons (Fsp3) is 0.500. The minimum Gasteiger partial charge on any atom is -0.481 e. The van der Waals surface area contributed by atoms with Crippen LogP contribution in [-0.2, 0) is 14.3 Å². The van der Waals surface area contributed by atoms with Crippen LogP contribution in [0.1, 0.15) is 12.8 Å². The number of rotatable bonds is 11. The zero-order valence-corrected chi connectivity index (χ0v) is 14.0. The predicted molar refractivity (Wildman–Crippen MR) is 90.5 cm³/mol. The summed E-state index contributed by atoms with van der Waals surface area (Å²) in [6.07, 6.45) is -0.123. The number of carbonyl (C=O) groups excluding carboxylic acids is 1. The van der Waals surface area contributed by atoms with Crippen molar-refractivity contribution in [3.63, 3.8) is 0 Å². The molecule has 0 saturated carbocycles. The first-order valence-electron chi connectivity index (χ1n) is 7.75. The molecule has 12 heteroatoms. The van der Waals surface area contributed by atoms with E-state index in [1.54, 1.807) is 11.0 Å². The first kappa shape index (κ1) is 20.9. The molecule has 7 N–H and O–H groups in total. The summed E-state index contributed by atoms with van der Waals surface area (Å²) in [6.45, 7) is 0.930. The number of hydrogen-bond acceptors (Lipinski definition) is 9. The topological polar surface area (TPSA) is 194 Å². The summed E-state index contributed by atoms with van der Waals surface area (Å²) in [5.74, 6) is -1.90. The van der Waals surface area contributed by atoms with E-state index >= 15 is 0 Å². The maximum Gasteiger partial charge on any atom is 0.407 e. The molecule has 0 aliphatic rings. The monoisotopic (exact) mass is 370 g/mol. The molecular formula is C14H22N6O6. The molecule has 0 saturated heterocycles. The van der Waals surface area contributed by atoms with E-state index in [1.807, 2.05) is 0 Å². The quantitative estimate of drug-likeness (QED) is 0.316. The second kappa shape index (κ2) is 10.7. The second-order valence-corrected chi connectivity index (χ2v) is 5.15. The van der Waals surface area contributed by atoms with Gasteiger partial charge in [-0.05, 0) is 12.5 Å². The molecule has 1 rings (SSSR count). The second-order valence-electron chi connectivity index (χ2n) is 5.15. The molecule has 0 aromatic carbocycles. The van der Waals surface area contributed by atoms with Gasteiger partial charge in [-0.15, -0.1) is 0 Å². The van der Waals surface area contributed by atoms with Crippen LogP contribution in [0.2, 0.25) is 0 Å². The maximum absolute atomic E-state index is 11.7. The average molecular weight is 370 g/mol. The number of hydrogen-bond donors (Lipinski definition) is 5. The molecule has 1 aromatic heterocycles. The molecule has 26 heavy (non-hydrogen) atoms. The lowest BCUT2D eigenvalue weighted by molar-refractivity contribution is -0.140. The largest absolute Gasteiger partial charge is 0.481 e. The van der Waals surface area contributed by atoms with E-state index in [1.165, 1.54) is 6.20 Å². The lowest BCUT2D eigenvalue weighted by Gasteiger charge is -2.23. The standard InChI is InChI=1S/C14H22N6O6/c15-4-6-20(10-3-5-17-13(16)19-10)7-8-26-14(25)18-9(12(23)24)1-2-11(21)22/h3,5,9H,1-2,4,6-8,15H2,(H,18,25)(H,21,22)(H,23,24)(H2,16,17,19)/t9-/m1/s1. The highest BCUT2D eigenvalue weighted by Crippen LogP contribution is 2.10. The van der Waals surface area contributed by atoms with E-state index in [-0.39, 0.29) is 25.5 Å². The molecule has 0 fully saturated rings. The third-order valence-corrected chi connectivity index (χ3v) is 3.21. The lowest BCUT2D eigenvalue weighted by atomic mass is 10.1. The Kier molecular flexibility index (Phi) is 8.57. The van der Waals surface area contributed by atoms with Crippen molar-refractivity contribution in [1.82, 2.24) is 15.3 Å². The van der Waals surface area contributed by atoms with Crippen LogP contribution in [0.15, 0.2) is 12.3 Å². The van der Waals surface area contributed by atoms with Crippen LogP contribution in [-0.4, -0.2) is 70.5 Å². The van der Waals surface area contributed by atoms with Gasteiger partial charge in [-0.3, -0.25) is 4.79 Å². The van der Waals surface area contributed by atoms with Gasteiger partial charge in [0, 0.05) is 25.7 Å². The Morgan fingerprint density at radius 3 is 2.62 bits per heavy atom. The van der Waals surface area contributed by atoms with Crippen molar-refractivity contribution in [2.45, 2.75) is 18.9 Å². The maximum atomic E-state index is 11.7. The number of nitrogens with one attached hydrogen (secondary N) is 1. The van der Waals surface area contributed by atoms with E-state index in [4.69, 9.17) is 26.4 Å². The van der Waals surface area contributed by atoms with Crippen LogP contribution in [0, 0.1) is 0 Å². The van der Waals surface area contributed by atoms with E-state index in [0.717, 1.165) is 0 Å². The van der Waals surface area contributed by atoms with Crippen molar-refractivity contribution >= 4 is 29.8 Å². The highest BCUT2D eigenvalue weighted by Gasteiger charge is 2.21. The summed E-state index contributed by atoms with van der Waals surface area (Å²) in [6, 6.07) is 0.277. The zero-order chi connectivity index (χ0) is 19.5. The van der Waals surface area contributed by atoms with Gasteiger partial charge in [-0.2, -0.15) is 4.98 Å². The molecule has 1 aromatic rings. The minimum absolute atomic E-state index is 0.0684. The van der Waals surface area contributed by atoms with E-state index in [2.05, 4.69) is 15.3 Å². The molecule has 1 atom stereocenters. The van der Waals surface area contributed by atoms with Crippen molar-refractivity contribution in [2.75, 3.05) is 36.9 Å². The Morgan fingerprint density at radius 2 is 2.04 bits per heavy atom. The number of nitrogen functional groups attached to an aromatic ring is 1. The number of nitrogens with zero attached hydrogens (tertiary/aromatic N) is 3. The Balaban J connectivity index is 2.51. The highest BCUT2D eigenvalue weighted by atomic mass is 16.5. The first-order chi connectivity index (χ1) is 12.3. The number of alkyl carbamates (subject to hydrolysis) is 1. The fourth-order valence-electron chi connectivity index (χ4n) is 1.99. The van der Waals surface area contributed by atoms with Gasteiger partial charge >= 0.3 is 18.0 Å². The number of carboxylic acids is 2. The number of carboxylic acid groups (broad SMARTS) is 2. The van der Waals surface area contributed by atoms with Gasteiger partial charge in [-0.25, -0.2) is 14.6 Å². The molecule has 144 valence electrons. The van der Waals surface area contributed by atoms with Gasteiger partial charge in [0.25, 0.3) is 0 Å². The van der Waals surface area contributed by atoms with Crippen molar-refractivity contribution in [3.05, 3.63) is 12.3 Å². The van der Waals surface area contributed by atoms with Gasteiger partial charge in [0.2, 0.25) is 5.95 Å². The van der Waals surface area contributed by atoms with Gasteiger partial charge in [0.15, 0.2) is 0 Å². The van der Waals surface area contributed by atoms with E-state index in [9.17, 15) is 14.4 Å². The summed E-state index contributed by atoms with van der Waals surface area (Å²) in [7, 11) is 0. The average Bonchev–Trinajstić information content (AvgIpc) is 2.57. The van der Waals surface area contributed by atoms with Crippen molar-refractivity contribution in [1.29, 1.82) is 0 Å². The normalized spacial score (nSPS) is 11.4. The molecule has 1 amide bonds. The minimum atomic E-state index is -1.35. The Bertz CT molecular complexity index is 628. The number of ether oxygens (including phenoxy) is 1. The third kappa shape index (κ3) is 7.61. The lowest BCUT2D eigenvalue weighted by Crippen LogP contribution is -2.42. The van der Waals surface area contributed by atoms with Crippen LogP contribution >= 0.6 is 0 Å². The molecule has 0 bridgehead atoms. The SMILES string of the molecule is NCCN(CCOC(=O)N[C@H](CCC(=O)O)C(=O)O)c1ccnc(N)n1. The number of anilines is 2. The number of aromatic nitrogens is 2. The number of carbonyl (C=O) groups is 3. The summed E-state index contributed by atoms with van der Waals surface area (Å²) in [5, 5.41) is 19.7. The summed E-state index contributed by atoms with van der Waals surface area (Å²) >= 11 is 0. The number of amides is 1. The van der Waals surface area contributed by atoms with Crippen LogP contribution in [0.5, 0.6) is 0 Å². The van der Waals surface area contributed by atoms with Crippen LogP contribution < -0.4 is 21.7 Å². The van der Waals surface area contributed by atoms with Crippen molar-refractivity contribution in [3.8, 4) is 0 Å². The predicted octanol–water partition coefficient (Wildman–Crippen LogP) is -1.13. The Labute approximate surface area is 149 Å². The smallest absolute Gasteiger partial charge is 0.407 e. The van der Waals surface area contributed by atoms with Crippen LogP contribution in [0.4, 0.5) is 16.6 Å². The first-order valence-corrected chi connectivity index (χ1v) is 7.75. The van der Waals surface area contributed by atoms with E-state index < -0.39 is 30.5 Å². The molecule has 0 spiro atoms. The van der Waals surface area contributed by atoms with Gasteiger partial charge in [0.1, 0.15) is 18.5 Å². The van der Waals surface area contributed by atoms with Crippen LogP contribution in [0.25, 0.3) is 0 Å². The molecule has 1 heterocycles. The van der Waals surface area contributed by atoms with Gasteiger partial charge in [0.05, 0.1) is 6.54 Å². The molecule has 0 radical (unpaired) electrons. The van der Waals surface area contributed by atoms with E-state index in [0.29, 0.717) is 18.9 Å². The Hall–Kier alpha value is -3.15. The molecular weight excluding hydrogens is 348 g/mol. The Morgan fingerprint density at radius 1 is 1.31 bits per heavy atom. The molecule has 12 nitrogen and oxygen atoms in total. The van der Waals surface area contributed by atoms with Crippen LogP contribution in [0.3, 0.4) is 0 Å². The van der Waals surface area contributed by atoms with Gasteiger partial charge in [-0.1, -0.05) is 0 Å². The van der Waals surface area contributed by atoms with Crippen molar-refractivity contribution < 1.29 is 29.3 Å². The molecule has 0 aliphatic carbocycles. The molecule has 0 aliphatic heterocycles. The molecule has 0 unspecified atom stereocenters. The summed E-state index contributed by atoms with van der Waals surface area (Å²) in [5.41, 5.74) is 11.1. The zero-order valence-electron chi connectivity index (χ0n) is 14.0. The van der Waals surface area contributed by atoms with Crippen molar-refractivity contribution in [2.24, 2.45) is 5.73 Å². The number of aliphatic carboxylic acids is 2. The van der Waals surface area contributed by atoms with Gasteiger partial charge < -0.3 is 36.6 Å². The third-order valence-electron chi connectivity index (χ3n) is 3.21.